The zero-order chi connectivity index (χ0) is 19.2. The van der Waals surface area contributed by atoms with Gasteiger partial charge < -0.3 is 4.74 Å². The van der Waals surface area contributed by atoms with Gasteiger partial charge in [0, 0.05) is 12.6 Å². The smallest absolute Gasteiger partial charge is 0.294 e. The lowest BCUT2D eigenvalue weighted by Crippen LogP contribution is -2.50. The molecule has 1 saturated heterocycles. The summed E-state index contributed by atoms with van der Waals surface area (Å²) in [4.78, 5) is 5.83. The van der Waals surface area contributed by atoms with Gasteiger partial charge in [-0.1, -0.05) is 24.6 Å². The lowest BCUT2D eigenvalue weighted by molar-refractivity contribution is 0.0559. The molecule has 3 rings (SSSR count). The molecule has 0 bridgehead atoms. The van der Waals surface area contributed by atoms with Gasteiger partial charge in [0.2, 0.25) is 5.95 Å². The molecular weight excluding hydrogens is 359 g/mol. The van der Waals surface area contributed by atoms with E-state index in [0.717, 1.165) is 18.7 Å². The summed E-state index contributed by atoms with van der Waals surface area (Å²) in [5.74, 6) is 0.167. The van der Waals surface area contributed by atoms with Crippen LogP contribution in [0.15, 0.2) is 47.5 Å². The molecule has 0 radical (unpaired) electrons. The van der Waals surface area contributed by atoms with Crippen molar-refractivity contribution in [3.05, 3.63) is 54.1 Å². The molecule has 2 heterocycles. The average molecular weight is 382 g/mol. The summed E-state index contributed by atoms with van der Waals surface area (Å²) in [7, 11) is -4.02. The molecule has 2 aromatic rings. The van der Waals surface area contributed by atoms with Crippen LogP contribution in [0.1, 0.15) is 18.9 Å². The Labute approximate surface area is 153 Å². The standard InChI is InChI=1S/C11H15FN2O.C7H8O3S/c1-2-14-6-5-9(14)8-15-10-3-4-11(12)13-7-10;1-6-2-4-7(5-3-6)11(8,9)10/h3-4,7,9H,2,5-6,8H2,1H3;2-5H,1H3,(H,8,9,10)/t9-;/m0./s1. The highest BCUT2D eigenvalue weighted by molar-refractivity contribution is 7.85. The number of hydrogen-bond acceptors (Lipinski definition) is 5. The number of rotatable bonds is 5. The van der Waals surface area contributed by atoms with E-state index < -0.39 is 16.1 Å². The highest BCUT2D eigenvalue weighted by Gasteiger charge is 2.26. The molecule has 1 aromatic heterocycles. The van der Waals surface area contributed by atoms with Crippen molar-refractivity contribution in [2.24, 2.45) is 0 Å². The first kappa shape index (κ1) is 20.3. The molecule has 0 aliphatic carbocycles. The van der Waals surface area contributed by atoms with Crippen LogP contribution in [-0.2, 0) is 10.1 Å². The van der Waals surface area contributed by atoms with Crippen molar-refractivity contribution in [3.8, 4) is 5.75 Å². The number of nitrogens with zero attached hydrogens (tertiary/aromatic N) is 2. The molecule has 0 spiro atoms. The molecule has 0 amide bonds. The van der Waals surface area contributed by atoms with Gasteiger partial charge in [0.25, 0.3) is 10.1 Å². The van der Waals surface area contributed by atoms with Crippen LogP contribution in [0.2, 0.25) is 0 Å². The normalized spacial score (nSPS) is 17.0. The molecule has 26 heavy (non-hydrogen) atoms. The highest BCUT2D eigenvalue weighted by Crippen LogP contribution is 2.18. The number of pyridine rings is 1. The summed E-state index contributed by atoms with van der Waals surface area (Å²) in [5, 5.41) is 0. The van der Waals surface area contributed by atoms with E-state index in [0.29, 0.717) is 18.4 Å². The minimum Gasteiger partial charge on any atom is -0.490 e. The van der Waals surface area contributed by atoms with Crippen molar-refractivity contribution < 1.29 is 22.1 Å². The van der Waals surface area contributed by atoms with Crippen molar-refractivity contribution in [1.29, 1.82) is 0 Å². The van der Waals surface area contributed by atoms with Gasteiger partial charge >= 0.3 is 0 Å². The van der Waals surface area contributed by atoms with Gasteiger partial charge in [-0.3, -0.25) is 9.45 Å². The average Bonchev–Trinajstić information content (AvgIpc) is 2.56. The third kappa shape index (κ3) is 6.05. The Morgan fingerprint density at radius 3 is 2.42 bits per heavy atom. The van der Waals surface area contributed by atoms with Crippen LogP contribution >= 0.6 is 0 Å². The lowest BCUT2D eigenvalue weighted by Gasteiger charge is -2.39. The van der Waals surface area contributed by atoms with Gasteiger partial charge in [-0.15, -0.1) is 0 Å². The summed E-state index contributed by atoms with van der Waals surface area (Å²) in [5.41, 5.74) is 0.956. The van der Waals surface area contributed by atoms with Crippen molar-refractivity contribution in [2.45, 2.75) is 31.2 Å². The van der Waals surface area contributed by atoms with E-state index in [9.17, 15) is 12.8 Å². The molecule has 0 unspecified atom stereocenters. The molecule has 142 valence electrons. The van der Waals surface area contributed by atoms with Crippen molar-refractivity contribution in [1.82, 2.24) is 9.88 Å². The van der Waals surface area contributed by atoms with Gasteiger partial charge in [0.1, 0.15) is 12.4 Å². The number of ether oxygens (including phenoxy) is 1. The Bertz CT molecular complexity index is 793. The Balaban J connectivity index is 0.000000197. The molecule has 1 aromatic carbocycles. The van der Waals surface area contributed by atoms with Gasteiger partial charge in [-0.25, -0.2) is 4.98 Å². The molecule has 1 aliphatic heterocycles. The molecule has 8 heteroatoms. The fourth-order valence-electron chi connectivity index (χ4n) is 2.45. The van der Waals surface area contributed by atoms with Crippen LogP contribution < -0.4 is 4.74 Å². The first-order chi connectivity index (χ1) is 12.3. The van der Waals surface area contributed by atoms with E-state index in [-0.39, 0.29) is 4.90 Å². The lowest BCUT2D eigenvalue weighted by atomic mass is 10.1. The van der Waals surface area contributed by atoms with E-state index in [2.05, 4.69) is 16.8 Å². The van der Waals surface area contributed by atoms with Gasteiger partial charge in [-0.05, 0) is 44.2 Å². The maximum atomic E-state index is 12.5. The van der Waals surface area contributed by atoms with Crippen LogP contribution in [-0.4, -0.2) is 48.6 Å². The second kappa shape index (κ2) is 9.07. The summed E-state index contributed by atoms with van der Waals surface area (Å²) in [6.07, 6.45) is 2.60. The number of likely N-dealkylation sites (tertiary alicyclic amines) is 1. The quantitative estimate of drug-likeness (QED) is 0.633. The fourth-order valence-corrected chi connectivity index (χ4v) is 2.93. The molecule has 1 N–H and O–H groups in total. The number of halogens is 1. The van der Waals surface area contributed by atoms with Gasteiger partial charge in [-0.2, -0.15) is 12.8 Å². The van der Waals surface area contributed by atoms with Crippen LogP contribution in [0.3, 0.4) is 0 Å². The first-order valence-corrected chi connectivity index (χ1v) is 9.76. The number of aromatic nitrogens is 1. The second-order valence-corrected chi connectivity index (χ2v) is 7.41. The summed E-state index contributed by atoms with van der Waals surface area (Å²) in [6, 6.07) is 9.42. The zero-order valence-electron chi connectivity index (χ0n) is 14.8. The summed E-state index contributed by atoms with van der Waals surface area (Å²) < 4.78 is 47.6. The fraction of sp³-hybridized carbons (Fsp3) is 0.389. The maximum absolute atomic E-state index is 12.5. The maximum Gasteiger partial charge on any atom is 0.294 e. The molecule has 1 atom stereocenters. The Hall–Kier alpha value is -2.03. The number of aryl methyl sites for hydroxylation is 1. The second-order valence-electron chi connectivity index (χ2n) is 5.99. The zero-order valence-corrected chi connectivity index (χ0v) is 15.6. The number of benzene rings is 1. The molecule has 6 nitrogen and oxygen atoms in total. The number of likely N-dealkylation sites (N-methyl/N-ethyl adjacent to an activating group) is 1. The van der Waals surface area contributed by atoms with Crippen molar-refractivity contribution >= 4 is 10.1 Å². The predicted molar refractivity (Wildman–Crippen MR) is 96.3 cm³/mol. The van der Waals surface area contributed by atoms with Crippen molar-refractivity contribution in [2.75, 3.05) is 19.7 Å². The summed E-state index contributed by atoms with van der Waals surface area (Å²) >= 11 is 0. The van der Waals surface area contributed by atoms with Gasteiger partial charge in [0.05, 0.1) is 11.1 Å². The van der Waals surface area contributed by atoms with E-state index in [1.165, 1.54) is 30.8 Å². The van der Waals surface area contributed by atoms with E-state index in [1.807, 2.05) is 6.92 Å². The van der Waals surface area contributed by atoms with E-state index in [1.54, 1.807) is 18.2 Å². The minimum atomic E-state index is -4.02. The highest BCUT2D eigenvalue weighted by atomic mass is 32.2. The SMILES string of the molecule is CCN1CC[C@H]1COc1ccc(F)nc1.Cc1ccc(S(=O)(=O)O)cc1. The van der Waals surface area contributed by atoms with Crippen LogP contribution in [0.4, 0.5) is 4.39 Å². The van der Waals surface area contributed by atoms with Crippen LogP contribution in [0.25, 0.3) is 0 Å². The third-order valence-corrected chi connectivity index (χ3v) is 5.00. The topological polar surface area (TPSA) is 79.7 Å². The summed E-state index contributed by atoms with van der Waals surface area (Å²) in [6.45, 7) is 6.88. The number of hydrogen-bond donors (Lipinski definition) is 1. The van der Waals surface area contributed by atoms with E-state index in [4.69, 9.17) is 9.29 Å². The van der Waals surface area contributed by atoms with Crippen molar-refractivity contribution in [3.63, 3.8) is 0 Å². The predicted octanol–water partition coefficient (Wildman–Crippen LogP) is 2.94. The Morgan fingerprint density at radius 1 is 1.27 bits per heavy atom. The molecular formula is C18H23FN2O4S. The Kier molecular flexibility index (Phi) is 7.07. The van der Waals surface area contributed by atoms with Gasteiger partial charge in [0.15, 0.2) is 0 Å². The minimum absolute atomic E-state index is 0.0666. The third-order valence-electron chi connectivity index (χ3n) is 4.13. The van der Waals surface area contributed by atoms with Crippen LogP contribution in [0.5, 0.6) is 5.75 Å². The molecule has 1 fully saturated rings. The monoisotopic (exact) mass is 382 g/mol. The Morgan fingerprint density at radius 2 is 1.96 bits per heavy atom. The van der Waals surface area contributed by atoms with E-state index >= 15 is 0 Å². The van der Waals surface area contributed by atoms with Crippen LogP contribution in [0, 0.1) is 12.9 Å². The first-order valence-electron chi connectivity index (χ1n) is 8.32. The molecule has 0 saturated carbocycles. The largest absolute Gasteiger partial charge is 0.490 e. The molecule has 1 aliphatic rings.